The van der Waals surface area contributed by atoms with Gasteiger partial charge in [-0.1, -0.05) is 44.8 Å². The molecule has 0 saturated carbocycles. The average molecular weight is 451 g/mol. The molecule has 130 valence electrons. The van der Waals surface area contributed by atoms with Gasteiger partial charge in [-0.05, 0) is 30.3 Å². The summed E-state index contributed by atoms with van der Waals surface area (Å²) in [7, 11) is 0. The summed E-state index contributed by atoms with van der Waals surface area (Å²) in [5.74, 6) is 1.77. The number of halogens is 2. The molecule has 0 unspecified atom stereocenters. The minimum absolute atomic E-state index is 0.173. The van der Waals surface area contributed by atoms with E-state index in [0.717, 1.165) is 14.7 Å². The molecule has 0 saturated heterocycles. The highest BCUT2D eigenvalue weighted by molar-refractivity contribution is 9.10. The summed E-state index contributed by atoms with van der Waals surface area (Å²) in [6.07, 6.45) is 5.43. The highest BCUT2D eigenvalue weighted by Crippen LogP contribution is 2.25. The Balaban J connectivity index is 2.21. The van der Waals surface area contributed by atoms with Crippen molar-refractivity contribution in [1.82, 2.24) is 4.57 Å². The standard InChI is InChI=1S/C17H9BrClN3O3S/c1-2-7-21-14-5-3-10(18)8-15(14)26-17(21)20-16(23)12-9-11(19)4-6-13(12)22(24)25/h1,3-6,8-9H,7H2. The predicted octanol–water partition coefficient (Wildman–Crippen LogP) is 4.40. The van der Waals surface area contributed by atoms with Crippen LogP contribution in [0.4, 0.5) is 5.69 Å². The number of carbonyl (C=O) groups excluding carboxylic acids is 1. The number of nitrogens with zero attached hydrogens (tertiary/aromatic N) is 3. The molecule has 1 heterocycles. The SMILES string of the molecule is C#CCn1c(=NC(=O)c2cc(Cl)ccc2[N+](=O)[O-])sc2cc(Br)ccc21. The number of hydrogen-bond donors (Lipinski definition) is 0. The van der Waals surface area contributed by atoms with Gasteiger partial charge in [-0.2, -0.15) is 4.99 Å². The molecular formula is C17H9BrClN3O3S. The van der Waals surface area contributed by atoms with E-state index in [1.54, 1.807) is 4.57 Å². The maximum absolute atomic E-state index is 12.6. The van der Waals surface area contributed by atoms with E-state index in [9.17, 15) is 14.9 Å². The van der Waals surface area contributed by atoms with Gasteiger partial charge in [-0.15, -0.1) is 6.42 Å². The second kappa shape index (κ2) is 7.41. The fraction of sp³-hybridized carbons (Fsp3) is 0.0588. The van der Waals surface area contributed by atoms with Crippen LogP contribution in [0.25, 0.3) is 10.2 Å². The van der Waals surface area contributed by atoms with Crippen molar-refractivity contribution in [3.8, 4) is 12.3 Å². The van der Waals surface area contributed by atoms with Crippen molar-refractivity contribution in [2.24, 2.45) is 4.99 Å². The topological polar surface area (TPSA) is 77.5 Å². The van der Waals surface area contributed by atoms with E-state index in [4.69, 9.17) is 18.0 Å². The van der Waals surface area contributed by atoms with Gasteiger partial charge >= 0.3 is 0 Å². The molecule has 9 heteroatoms. The molecule has 0 aliphatic heterocycles. The number of thiazole rings is 1. The minimum Gasteiger partial charge on any atom is -0.305 e. The number of aromatic nitrogens is 1. The van der Waals surface area contributed by atoms with Crippen LogP contribution in [-0.2, 0) is 6.54 Å². The molecular weight excluding hydrogens is 442 g/mol. The first-order chi connectivity index (χ1) is 12.4. The first kappa shape index (κ1) is 18.3. The van der Waals surface area contributed by atoms with Gasteiger partial charge in [0.1, 0.15) is 5.56 Å². The summed E-state index contributed by atoms with van der Waals surface area (Å²) in [5, 5.41) is 11.4. The molecule has 1 amide bonds. The predicted molar refractivity (Wildman–Crippen MR) is 104 cm³/mol. The monoisotopic (exact) mass is 449 g/mol. The Kier molecular flexibility index (Phi) is 5.23. The summed E-state index contributed by atoms with van der Waals surface area (Å²) in [6.45, 7) is 0.214. The molecule has 3 rings (SSSR count). The van der Waals surface area contributed by atoms with Crippen LogP contribution in [0, 0.1) is 22.5 Å². The van der Waals surface area contributed by atoms with Crippen LogP contribution in [0.5, 0.6) is 0 Å². The Labute approximate surface area is 165 Å². The fourth-order valence-electron chi connectivity index (χ4n) is 2.36. The first-order valence-electron chi connectivity index (χ1n) is 7.16. The van der Waals surface area contributed by atoms with E-state index in [1.807, 2.05) is 18.2 Å². The van der Waals surface area contributed by atoms with E-state index >= 15 is 0 Å². The van der Waals surface area contributed by atoms with Crippen molar-refractivity contribution < 1.29 is 9.72 Å². The van der Waals surface area contributed by atoms with E-state index in [1.165, 1.54) is 29.5 Å². The normalized spacial score (nSPS) is 11.5. The molecule has 0 radical (unpaired) electrons. The molecule has 0 aliphatic carbocycles. The quantitative estimate of drug-likeness (QED) is 0.337. The van der Waals surface area contributed by atoms with Gasteiger partial charge < -0.3 is 4.57 Å². The molecule has 2 aromatic carbocycles. The molecule has 0 N–H and O–H groups in total. The maximum atomic E-state index is 12.6. The number of carbonyl (C=O) groups is 1. The van der Waals surface area contributed by atoms with E-state index < -0.39 is 10.8 Å². The second-order valence-electron chi connectivity index (χ2n) is 5.12. The molecule has 6 nitrogen and oxygen atoms in total. The zero-order chi connectivity index (χ0) is 18.8. The van der Waals surface area contributed by atoms with E-state index in [0.29, 0.717) is 4.80 Å². The Hall–Kier alpha value is -2.47. The number of nitro groups is 1. The highest BCUT2D eigenvalue weighted by Gasteiger charge is 2.20. The summed E-state index contributed by atoms with van der Waals surface area (Å²) >= 11 is 10.5. The molecule has 0 atom stereocenters. The molecule has 0 bridgehead atoms. The lowest BCUT2D eigenvalue weighted by atomic mass is 10.2. The third-order valence-corrected chi connectivity index (χ3v) is 5.25. The fourth-order valence-corrected chi connectivity index (χ4v) is 4.11. The maximum Gasteiger partial charge on any atom is 0.286 e. The van der Waals surface area contributed by atoms with Crippen LogP contribution in [0.2, 0.25) is 5.02 Å². The van der Waals surface area contributed by atoms with Gasteiger partial charge in [-0.3, -0.25) is 14.9 Å². The van der Waals surface area contributed by atoms with Gasteiger partial charge in [-0.25, -0.2) is 0 Å². The number of hydrogen-bond acceptors (Lipinski definition) is 4. The van der Waals surface area contributed by atoms with Crippen LogP contribution in [0.3, 0.4) is 0 Å². The third kappa shape index (κ3) is 3.55. The van der Waals surface area contributed by atoms with Gasteiger partial charge in [0.15, 0.2) is 4.80 Å². The van der Waals surface area contributed by atoms with Crippen LogP contribution in [0.1, 0.15) is 10.4 Å². The van der Waals surface area contributed by atoms with E-state index in [-0.39, 0.29) is 22.8 Å². The van der Waals surface area contributed by atoms with Gasteiger partial charge in [0, 0.05) is 15.6 Å². The number of fused-ring (bicyclic) bond motifs is 1. The van der Waals surface area contributed by atoms with Gasteiger partial charge in [0.05, 0.1) is 21.7 Å². The lowest BCUT2D eigenvalue weighted by molar-refractivity contribution is -0.385. The molecule has 0 spiro atoms. The number of terminal acetylenes is 1. The van der Waals surface area contributed by atoms with Gasteiger partial charge in [0.2, 0.25) is 0 Å². The molecule has 1 aromatic heterocycles. The van der Waals surface area contributed by atoms with Gasteiger partial charge in [0.25, 0.3) is 11.6 Å². The van der Waals surface area contributed by atoms with E-state index in [2.05, 4.69) is 26.8 Å². The molecule has 26 heavy (non-hydrogen) atoms. The molecule has 3 aromatic rings. The number of rotatable bonds is 3. The second-order valence-corrected chi connectivity index (χ2v) is 7.48. The summed E-state index contributed by atoms with van der Waals surface area (Å²) < 4.78 is 3.46. The number of benzene rings is 2. The minimum atomic E-state index is -0.754. The lowest BCUT2D eigenvalue weighted by Crippen LogP contribution is -2.17. The smallest absolute Gasteiger partial charge is 0.286 e. The number of amides is 1. The van der Waals surface area contributed by atoms with Crippen molar-refractivity contribution in [3.05, 3.63) is 66.4 Å². The molecule has 0 fully saturated rings. The highest BCUT2D eigenvalue weighted by atomic mass is 79.9. The van der Waals surface area contributed by atoms with Crippen molar-refractivity contribution >= 4 is 60.7 Å². The molecule has 0 aliphatic rings. The van der Waals surface area contributed by atoms with Crippen LogP contribution >= 0.6 is 38.9 Å². The third-order valence-electron chi connectivity index (χ3n) is 3.48. The Bertz CT molecular complexity index is 1160. The largest absolute Gasteiger partial charge is 0.305 e. The Morgan fingerprint density at radius 2 is 2.15 bits per heavy atom. The summed E-state index contributed by atoms with van der Waals surface area (Å²) in [4.78, 5) is 27.5. The lowest BCUT2D eigenvalue weighted by Gasteiger charge is -2.01. The Morgan fingerprint density at radius 3 is 2.85 bits per heavy atom. The van der Waals surface area contributed by atoms with Crippen molar-refractivity contribution in [1.29, 1.82) is 0 Å². The Morgan fingerprint density at radius 1 is 1.38 bits per heavy atom. The average Bonchev–Trinajstić information content (AvgIpc) is 2.91. The van der Waals surface area contributed by atoms with Crippen LogP contribution < -0.4 is 4.80 Å². The van der Waals surface area contributed by atoms with Crippen LogP contribution in [-0.4, -0.2) is 15.4 Å². The summed E-state index contributed by atoms with van der Waals surface area (Å²) in [6, 6.07) is 9.38. The van der Waals surface area contributed by atoms with Crippen molar-refractivity contribution in [3.63, 3.8) is 0 Å². The summed E-state index contributed by atoms with van der Waals surface area (Å²) in [5.41, 5.74) is 0.298. The zero-order valence-corrected chi connectivity index (χ0v) is 16.1. The van der Waals surface area contributed by atoms with Crippen molar-refractivity contribution in [2.75, 3.05) is 0 Å². The van der Waals surface area contributed by atoms with Crippen molar-refractivity contribution in [2.45, 2.75) is 6.54 Å². The van der Waals surface area contributed by atoms with Crippen LogP contribution in [0.15, 0.2) is 45.9 Å². The number of nitro benzene ring substituents is 1. The first-order valence-corrected chi connectivity index (χ1v) is 9.15. The zero-order valence-electron chi connectivity index (χ0n) is 13.0.